The molecule has 0 saturated carbocycles. The van der Waals surface area contributed by atoms with Crippen LogP contribution in [0.25, 0.3) is 11.1 Å². The number of sulfonamides is 1. The van der Waals surface area contributed by atoms with Gasteiger partial charge in [0, 0.05) is 18.0 Å². The van der Waals surface area contributed by atoms with E-state index >= 15 is 0 Å². The van der Waals surface area contributed by atoms with Gasteiger partial charge in [-0.2, -0.15) is 0 Å². The number of thiophene rings is 1. The molecule has 10 nitrogen and oxygen atoms in total. The lowest BCUT2D eigenvalue weighted by Crippen LogP contribution is -2.30. The van der Waals surface area contributed by atoms with E-state index in [2.05, 4.69) is 5.32 Å². The normalized spacial score (nSPS) is 11.7. The molecule has 1 heterocycles. The number of carbonyl (C=O) groups is 3. The number of nitrogens with one attached hydrogen (secondary N) is 1. The van der Waals surface area contributed by atoms with E-state index in [1.165, 1.54) is 45.3 Å². The van der Waals surface area contributed by atoms with Crippen LogP contribution >= 0.6 is 11.3 Å². The molecule has 0 fully saturated rings. The zero-order valence-electron chi connectivity index (χ0n) is 23.9. The monoisotopic (exact) mass is 622 g/mol. The summed E-state index contributed by atoms with van der Waals surface area (Å²) in [6, 6.07) is 21.1. The Hall–Kier alpha value is -4.68. The molecule has 12 heteroatoms. The van der Waals surface area contributed by atoms with Crippen molar-refractivity contribution in [2.45, 2.75) is 24.8 Å². The molecule has 0 saturated heterocycles. The first-order valence-electron chi connectivity index (χ1n) is 13.2. The SMILES string of the molecule is CCOC(=O)c1c(-c2ccccc2)csc1NC(=O)[C@@H](C)OC(=O)c1ccc(S(=O)(=O)N(C)c2ccccc2OC)cc1. The van der Waals surface area contributed by atoms with Gasteiger partial charge in [0.2, 0.25) is 0 Å². The number of methoxy groups -OCH3 is 1. The van der Waals surface area contributed by atoms with Gasteiger partial charge >= 0.3 is 11.9 Å². The predicted octanol–water partition coefficient (Wildman–Crippen LogP) is 5.61. The quantitative estimate of drug-likeness (QED) is 0.214. The molecule has 0 aliphatic carbocycles. The molecular formula is C31H30N2O8S2. The van der Waals surface area contributed by atoms with E-state index in [1.54, 1.807) is 36.6 Å². The molecule has 0 bridgehead atoms. The number of benzene rings is 3. The highest BCUT2D eigenvalue weighted by atomic mass is 32.2. The Labute approximate surface area is 253 Å². The van der Waals surface area contributed by atoms with Crippen LogP contribution in [-0.2, 0) is 24.3 Å². The first kappa shape index (κ1) is 31.3. The standard InChI is InChI=1S/C31H30N2O8S2/c1-5-40-31(36)27-24(21-11-7-6-8-12-21)19-42-29(27)32-28(34)20(2)41-30(35)22-15-17-23(18-16-22)43(37,38)33(3)25-13-9-10-14-26(25)39-4/h6-20H,5H2,1-4H3,(H,32,34)/t20-/m1/s1. The van der Waals surface area contributed by atoms with Gasteiger partial charge in [0.25, 0.3) is 15.9 Å². The Morgan fingerprint density at radius 2 is 1.58 bits per heavy atom. The van der Waals surface area contributed by atoms with E-state index in [0.717, 1.165) is 21.2 Å². The van der Waals surface area contributed by atoms with Crippen LogP contribution in [0.4, 0.5) is 10.7 Å². The van der Waals surface area contributed by atoms with E-state index in [4.69, 9.17) is 14.2 Å². The molecule has 43 heavy (non-hydrogen) atoms. The average Bonchev–Trinajstić information content (AvgIpc) is 3.44. The van der Waals surface area contributed by atoms with Crippen molar-refractivity contribution in [2.24, 2.45) is 0 Å². The second kappa shape index (κ2) is 13.5. The van der Waals surface area contributed by atoms with E-state index in [0.29, 0.717) is 17.0 Å². The first-order valence-corrected chi connectivity index (χ1v) is 15.5. The van der Waals surface area contributed by atoms with Crippen LogP contribution in [-0.4, -0.2) is 53.1 Å². The van der Waals surface area contributed by atoms with Crippen LogP contribution in [0.2, 0.25) is 0 Å². The maximum absolute atomic E-state index is 13.2. The largest absolute Gasteiger partial charge is 0.495 e. The summed E-state index contributed by atoms with van der Waals surface area (Å²) in [7, 11) is -1.12. The fourth-order valence-corrected chi connectivity index (χ4v) is 6.29. The molecule has 0 aliphatic heterocycles. The molecule has 224 valence electrons. The van der Waals surface area contributed by atoms with Crippen molar-refractivity contribution in [3.8, 4) is 16.9 Å². The molecule has 4 rings (SSSR count). The van der Waals surface area contributed by atoms with Crippen LogP contribution in [0.1, 0.15) is 34.6 Å². The summed E-state index contributed by atoms with van der Waals surface area (Å²) in [5.41, 5.74) is 1.99. The summed E-state index contributed by atoms with van der Waals surface area (Å²) in [5.74, 6) is -1.69. The number of amides is 1. The van der Waals surface area contributed by atoms with Crippen LogP contribution in [0.15, 0.2) is 89.1 Å². The van der Waals surface area contributed by atoms with Gasteiger partial charge in [0.05, 0.1) is 29.9 Å². The van der Waals surface area contributed by atoms with Crippen LogP contribution < -0.4 is 14.4 Å². The van der Waals surface area contributed by atoms with Gasteiger partial charge in [-0.15, -0.1) is 11.3 Å². The third-order valence-electron chi connectivity index (χ3n) is 6.42. The average molecular weight is 623 g/mol. The van der Waals surface area contributed by atoms with Crippen molar-refractivity contribution in [1.29, 1.82) is 0 Å². The summed E-state index contributed by atoms with van der Waals surface area (Å²) in [6.07, 6.45) is -1.23. The molecule has 3 aromatic carbocycles. The summed E-state index contributed by atoms with van der Waals surface area (Å²) in [4.78, 5) is 38.5. The summed E-state index contributed by atoms with van der Waals surface area (Å²) < 4.78 is 43.3. The van der Waals surface area contributed by atoms with Crippen LogP contribution in [0.5, 0.6) is 5.75 Å². The number of esters is 2. The number of ether oxygens (including phenoxy) is 3. The second-order valence-corrected chi connectivity index (χ2v) is 12.0. The Kier molecular flexibility index (Phi) is 9.84. The van der Waals surface area contributed by atoms with Crippen molar-refractivity contribution in [1.82, 2.24) is 0 Å². The minimum Gasteiger partial charge on any atom is -0.495 e. The zero-order chi connectivity index (χ0) is 31.1. The highest BCUT2D eigenvalue weighted by Crippen LogP contribution is 2.36. The van der Waals surface area contributed by atoms with E-state index in [1.807, 2.05) is 30.3 Å². The van der Waals surface area contributed by atoms with Gasteiger partial charge < -0.3 is 19.5 Å². The van der Waals surface area contributed by atoms with Gasteiger partial charge in [0.15, 0.2) is 6.10 Å². The third-order valence-corrected chi connectivity index (χ3v) is 9.10. The van der Waals surface area contributed by atoms with E-state index < -0.39 is 34.0 Å². The number of rotatable bonds is 11. The van der Waals surface area contributed by atoms with Gasteiger partial charge in [-0.25, -0.2) is 18.0 Å². The van der Waals surface area contributed by atoms with Crippen molar-refractivity contribution in [3.05, 3.63) is 95.4 Å². The van der Waals surface area contributed by atoms with Crippen LogP contribution in [0.3, 0.4) is 0 Å². The summed E-state index contributed by atoms with van der Waals surface area (Å²) in [6.45, 7) is 3.23. The Morgan fingerprint density at radius 1 is 0.930 bits per heavy atom. The van der Waals surface area contributed by atoms with Crippen molar-refractivity contribution < 1.29 is 37.0 Å². The van der Waals surface area contributed by atoms with Gasteiger partial charge in [-0.1, -0.05) is 42.5 Å². The highest BCUT2D eigenvalue weighted by molar-refractivity contribution is 7.92. The molecule has 0 unspecified atom stereocenters. The molecule has 1 amide bonds. The molecule has 0 spiro atoms. The predicted molar refractivity (Wildman–Crippen MR) is 164 cm³/mol. The lowest BCUT2D eigenvalue weighted by atomic mass is 10.0. The molecule has 1 N–H and O–H groups in total. The van der Waals surface area contributed by atoms with Crippen molar-refractivity contribution in [2.75, 3.05) is 30.4 Å². The Bertz CT molecular complexity index is 1720. The number of anilines is 2. The Balaban J connectivity index is 1.46. The number of carbonyl (C=O) groups excluding carboxylic acids is 3. The lowest BCUT2D eigenvalue weighted by Gasteiger charge is -2.21. The number of hydrogen-bond donors (Lipinski definition) is 1. The fraction of sp³-hybridized carbons (Fsp3) is 0.194. The minimum atomic E-state index is -3.97. The van der Waals surface area contributed by atoms with Crippen molar-refractivity contribution in [3.63, 3.8) is 0 Å². The minimum absolute atomic E-state index is 0.0493. The molecular weight excluding hydrogens is 592 g/mol. The maximum Gasteiger partial charge on any atom is 0.341 e. The summed E-state index contributed by atoms with van der Waals surface area (Å²) >= 11 is 1.15. The van der Waals surface area contributed by atoms with E-state index in [-0.39, 0.29) is 27.6 Å². The fourth-order valence-electron chi connectivity index (χ4n) is 4.12. The topological polar surface area (TPSA) is 128 Å². The second-order valence-electron chi connectivity index (χ2n) is 9.15. The molecule has 0 aliphatic rings. The van der Waals surface area contributed by atoms with Gasteiger partial charge in [-0.3, -0.25) is 9.10 Å². The summed E-state index contributed by atoms with van der Waals surface area (Å²) in [5, 5.41) is 4.68. The van der Waals surface area contributed by atoms with Gasteiger partial charge in [-0.05, 0) is 55.8 Å². The highest BCUT2D eigenvalue weighted by Gasteiger charge is 2.27. The third kappa shape index (κ3) is 6.87. The Morgan fingerprint density at radius 3 is 2.23 bits per heavy atom. The molecule has 0 radical (unpaired) electrons. The van der Waals surface area contributed by atoms with Gasteiger partial charge in [0.1, 0.15) is 16.3 Å². The molecule has 4 aromatic rings. The number of para-hydroxylation sites is 2. The lowest BCUT2D eigenvalue weighted by molar-refractivity contribution is -0.123. The van der Waals surface area contributed by atoms with E-state index in [9.17, 15) is 22.8 Å². The zero-order valence-corrected chi connectivity index (χ0v) is 25.5. The number of nitrogens with zero attached hydrogens (tertiary/aromatic N) is 1. The van der Waals surface area contributed by atoms with Crippen LogP contribution in [0, 0.1) is 0 Å². The maximum atomic E-state index is 13.2. The first-order chi connectivity index (χ1) is 20.6. The van der Waals surface area contributed by atoms with Crippen molar-refractivity contribution >= 4 is 49.9 Å². The number of hydrogen-bond acceptors (Lipinski definition) is 9. The molecule has 1 atom stereocenters. The smallest absolute Gasteiger partial charge is 0.341 e. The molecule has 1 aromatic heterocycles.